The summed E-state index contributed by atoms with van der Waals surface area (Å²) in [4.78, 5) is 24.6. The van der Waals surface area contributed by atoms with Crippen molar-refractivity contribution in [1.82, 2.24) is 5.32 Å². The molecule has 0 saturated heterocycles. The summed E-state index contributed by atoms with van der Waals surface area (Å²) in [6.45, 7) is 4.48. The first kappa shape index (κ1) is 21.2. The lowest BCUT2D eigenvalue weighted by molar-refractivity contribution is -0.149. The Morgan fingerprint density at radius 1 is 1.10 bits per heavy atom. The molecule has 1 aromatic carbocycles. The molecule has 0 aliphatic heterocycles. The number of nitrogens with one attached hydrogen (secondary N) is 1. The maximum absolute atomic E-state index is 12.5. The van der Waals surface area contributed by atoms with Crippen LogP contribution in [0, 0.1) is 23.2 Å². The van der Waals surface area contributed by atoms with Crippen LogP contribution < -0.4 is 10.1 Å². The van der Waals surface area contributed by atoms with Gasteiger partial charge in [-0.05, 0) is 93.6 Å². The first-order valence-corrected chi connectivity index (χ1v) is 11.6. The maximum atomic E-state index is 12.5. The third kappa shape index (κ3) is 4.65. The standard InChI is InChI=1S/C25H35NO4/c1-3-29-22-7-5-4-6-21(22)8-9-24(28)30-16-23(27)26-17(2)25-13-18-10-19(14-25)12-20(11-18)15-25/h4-7,17-20H,3,8-16H2,1-2H3,(H,26,27)/t17-,18?,19?,20?,25?/m0/s1. The van der Waals surface area contributed by atoms with Gasteiger partial charge >= 0.3 is 5.97 Å². The number of carbonyl (C=O) groups is 2. The Balaban J connectivity index is 1.22. The van der Waals surface area contributed by atoms with E-state index in [0.29, 0.717) is 13.0 Å². The number of esters is 1. The van der Waals surface area contributed by atoms with Crippen molar-refractivity contribution in [2.75, 3.05) is 13.2 Å². The predicted molar refractivity (Wildman–Crippen MR) is 115 cm³/mol. The average molecular weight is 414 g/mol. The number of amides is 1. The summed E-state index contributed by atoms with van der Waals surface area (Å²) in [6, 6.07) is 7.86. The van der Waals surface area contributed by atoms with E-state index in [-0.39, 0.29) is 36.4 Å². The fraction of sp³-hybridized carbons (Fsp3) is 0.680. The second kappa shape index (κ2) is 8.99. The molecule has 1 amide bonds. The summed E-state index contributed by atoms with van der Waals surface area (Å²) in [5, 5.41) is 3.16. The summed E-state index contributed by atoms with van der Waals surface area (Å²) < 4.78 is 10.8. The second-order valence-electron chi connectivity index (χ2n) is 9.77. The van der Waals surface area contributed by atoms with E-state index in [1.165, 1.54) is 38.5 Å². The van der Waals surface area contributed by atoms with Crippen LogP contribution in [-0.4, -0.2) is 31.1 Å². The van der Waals surface area contributed by atoms with E-state index in [4.69, 9.17) is 9.47 Å². The number of aryl methyl sites for hydroxylation is 1. The van der Waals surface area contributed by atoms with Gasteiger partial charge in [0.15, 0.2) is 6.61 Å². The maximum Gasteiger partial charge on any atom is 0.306 e. The van der Waals surface area contributed by atoms with Crippen molar-refractivity contribution in [3.05, 3.63) is 29.8 Å². The van der Waals surface area contributed by atoms with Crippen LogP contribution in [0.25, 0.3) is 0 Å². The summed E-state index contributed by atoms with van der Waals surface area (Å²) in [6.07, 6.45) is 8.71. The Morgan fingerprint density at radius 2 is 1.73 bits per heavy atom. The lowest BCUT2D eigenvalue weighted by atomic mass is 9.48. The zero-order valence-electron chi connectivity index (χ0n) is 18.3. The van der Waals surface area contributed by atoms with Gasteiger partial charge in [-0.15, -0.1) is 0 Å². The Kier molecular flexibility index (Phi) is 6.35. The van der Waals surface area contributed by atoms with Gasteiger partial charge in [-0.3, -0.25) is 9.59 Å². The number of ether oxygens (including phenoxy) is 2. The van der Waals surface area contributed by atoms with Gasteiger partial charge in [0.25, 0.3) is 5.91 Å². The molecule has 4 aliphatic carbocycles. The van der Waals surface area contributed by atoms with Gasteiger partial charge in [0.05, 0.1) is 6.61 Å². The summed E-state index contributed by atoms with van der Waals surface area (Å²) >= 11 is 0. The fourth-order valence-electron chi connectivity index (χ4n) is 6.61. The van der Waals surface area contributed by atoms with Crippen molar-refractivity contribution in [2.24, 2.45) is 23.2 Å². The Bertz CT molecular complexity index is 739. The minimum atomic E-state index is -0.348. The van der Waals surface area contributed by atoms with E-state index in [0.717, 1.165) is 29.1 Å². The molecule has 0 aromatic heterocycles. The molecule has 5 nitrogen and oxygen atoms in total. The van der Waals surface area contributed by atoms with Gasteiger partial charge in [0.2, 0.25) is 0 Å². The SMILES string of the molecule is CCOc1ccccc1CCC(=O)OCC(=O)N[C@@H](C)C12CC3CC(CC(C3)C1)C2. The van der Waals surface area contributed by atoms with Crippen molar-refractivity contribution in [3.63, 3.8) is 0 Å². The highest BCUT2D eigenvalue weighted by molar-refractivity contribution is 5.80. The molecule has 0 spiro atoms. The molecule has 4 aliphatic rings. The van der Waals surface area contributed by atoms with E-state index in [9.17, 15) is 9.59 Å². The van der Waals surface area contributed by atoms with Gasteiger partial charge in [-0.25, -0.2) is 0 Å². The van der Waals surface area contributed by atoms with Crippen LogP contribution in [0.3, 0.4) is 0 Å². The van der Waals surface area contributed by atoms with Gasteiger partial charge in [-0.2, -0.15) is 0 Å². The minimum Gasteiger partial charge on any atom is -0.494 e. The van der Waals surface area contributed by atoms with Gasteiger partial charge in [0, 0.05) is 12.5 Å². The first-order valence-electron chi connectivity index (χ1n) is 11.6. The quantitative estimate of drug-likeness (QED) is 0.614. The number of carbonyl (C=O) groups excluding carboxylic acids is 2. The highest BCUT2D eigenvalue weighted by Crippen LogP contribution is 2.61. The van der Waals surface area contributed by atoms with Crippen LogP contribution in [0.1, 0.15) is 64.4 Å². The Morgan fingerprint density at radius 3 is 2.37 bits per heavy atom. The molecule has 5 heteroatoms. The molecular formula is C25H35NO4. The molecule has 4 saturated carbocycles. The van der Waals surface area contributed by atoms with Gasteiger partial charge < -0.3 is 14.8 Å². The zero-order chi connectivity index (χ0) is 21.1. The molecule has 4 fully saturated rings. The van der Waals surface area contributed by atoms with Crippen LogP contribution in [0.15, 0.2) is 24.3 Å². The lowest BCUT2D eigenvalue weighted by Gasteiger charge is -2.59. The molecule has 1 atom stereocenters. The largest absolute Gasteiger partial charge is 0.494 e. The van der Waals surface area contributed by atoms with E-state index in [1.807, 2.05) is 31.2 Å². The van der Waals surface area contributed by atoms with Crippen molar-refractivity contribution in [3.8, 4) is 5.75 Å². The molecule has 0 radical (unpaired) electrons. The van der Waals surface area contributed by atoms with Gasteiger partial charge in [-0.1, -0.05) is 18.2 Å². The van der Waals surface area contributed by atoms with E-state index in [1.54, 1.807) is 0 Å². The van der Waals surface area contributed by atoms with Crippen molar-refractivity contribution in [2.45, 2.75) is 71.3 Å². The van der Waals surface area contributed by atoms with Crippen LogP contribution >= 0.6 is 0 Å². The smallest absolute Gasteiger partial charge is 0.306 e. The average Bonchev–Trinajstić information content (AvgIpc) is 2.71. The zero-order valence-corrected chi connectivity index (χ0v) is 18.3. The van der Waals surface area contributed by atoms with Crippen LogP contribution in [0.2, 0.25) is 0 Å². The molecule has 4 bridgehead atoms. The summed E-state index contributed by atoms with van der Waals surface area (Å²) in [5.41, 5.74) is 1.24. The Labute approximate surface area is 179 Å². The Hall–Kier alpha value is -2.04. The number of para-hydroxylation sites is 1. The van der Waals surface area contributed by atoms with E-state index in [2.05, 4.69) is 12.2 Å². The van der Waals surface area contributed by atoms with Gasteiger partial charge in [0.1, 0.15) is 5.75 Å². The number of hydrogen-bond acceptors (Lipinski definition) is 4. The lowest BCUT2D eigenvalue weighted by Crippen LogP contribution is -2.56. The molecule has 164 valence electrons. The van der Waals surface area contributed by atoms with Crippen molar-refractivity contribution < 1.29 is 19.1 Å². The van der Waals surface area contributed by atoms with Crippen molar-refractivity contribution >= 4 is 11.9 Å². The fourth-order valence-corrected chi connectivity index (χ4v) is 6.61. The van der Waals surface area contributed by atoms with Crippen LogP contribution in [0.5, 0.6) is 5.75 Å². The minimum absolute atomic E-state index is 0.148. The monoisotopic (exact) mass is 413 g/mol. The molecule has 1 aromatic rings. The summed E-state index contributed by atoms with van der Waals surface area (Å²) in [7, 11) is 0. The molecular weight excluding hydrogens is 378 g/mol. The highest BCUT2D eigenvalue weighted by Gasteiger charge is 2.53. The normalized spacial score (nSPS) is 30.0. The highest BCUT2D eigenvalue weighted by atomic mass is 16.5. The molecule has 1 N–H and O–H groups in total. The van der Waals surface area contributed by atoms with Crippen LogP contribution in [-0.2, 0) is 20.7 Å². The third-order valence-corrected chi connectivity index (χ3v) is 7.62. The van der Waals surface area contributed by atoms with Crippen molar-refractivity contribution in [1.29, 1.82) is 0 Å². The molecule has 30 heavy (non-hydrogen) atoms. The second-order valence-corrected chi connectivity index (χ2v) is 9.77. The topological polar surface area (TPSA) is 64.6 Å². The third-order valence-electron chi connectivity index (χ3n) is 7.62. The first-order chi connectivity index (χ1) is 14.5. The van der Waals surface area contributed by atoms with E-state index < -0.39 is 0 Å². The predicted octanol–water partition coefficient (Wildman–Crippen LogP) is 4.28. The number of benzene rings is 1. The van der Waals surface area contributed by atoms with E-state index >= 15 is 0 Å². The summed E-state index contributed by atoms with van der Waals surface area (Å²) in [5.74, 6) is 2.84. The molecule has 0 heterocycles. The van der Waals surface area contributed by atoms with Crippen LogP contribution in [0.4, 0.5) is 0 Å². The molecule has 5 rings (SSSR count). The number of rotatable bonds is 9. The molecule has 0 unspecified atom stereocenters. The number of hydrogen-bond donors (Lipinski definition) is 1.